The molecule has 5 aromatic rings. The minimum Gasteiger partial charge on any atom is -0.507 e. The SMILES string of the molecule is CCCCCOc1cccc(C2C(=C(O)c3ccncc3)C(=O)C(=O)N2c2nnc(SCc3cccc4ccccc34)s2)c1. The number of hydrogen-bond acceptors (Lipinski definition) is 9. The molecule has 0 spiro atoms. The van der Waals surface area contributed by atoms with Crippen molar-refractivity contribution >= 4 is 56.5 Å². The van der Waals surface area contributed by atoms with E-state index in [2.05, 4.69) is 46.4 Å². The lowest BCUT2D eigenvalue weighted by Gasteiger charge is -2.23. The van der Waals surface area contributed by atoms with E-state index in [9.17, 15) is 14.7 Å². The number of aliphatic hydroxyl groups is 1. The van der Waals surface area contributed by atoms with Crippen molar-refractivity contribution in [3.05, 3.63) is 114 Å². The van der Waals surface area contributed by atoms with Gasteiger partial charge in [-0.15, -0.1) is 10.2 Å². The molecule has 1 aliphatic heterocycles. The summed E-state index contributed by atoms with van der Waals surface area (Å²) in [7, 11) is 0. The average molecular weight is 623 g/mol. The number of fused-ring (bicyclic) bond motifs is 1. The number of aliphatic hydroxyl groups excluding tert-OH is 1. The fraction of sp³-hybridized carbons (Fsp3) is 0.206. The zero-order valence-electron chi connectivity index (χ0n) is 24.1. The van der Waals surface area contributed by atoms with E-state index in [1.54, 1.807) is 12.1 Å². The summed E-state index contributed by atoms with van der Waals surface area (Å²) in [6.07, 6.45) is 6.11. The molecule has 1 amide bonds. The van der Waals surface area contributed by atoms with E-state index < -0.39 is 17.7 Å². The van der Waals surface area contributed by atoms with Gasteiger partial charge in [0.05, 0.1) is 18.2 Å². The molecule has 8 nitrogen and oxygen atoms in total. The summed E-state index contributed by atoms with van der Waals surface area (Å²) in [6, 6.07) is 24.0. The van der Waals surface area contributed by atoms with Gasteiger partial charge in [0, 0.05) is 23.7 Å². The number of carbonyl (C=O) groups excluding carboxylic acids is 2. The second kappa shape index (κ2) is 13.4. The van der Waals surface area contributed by atoms with Gasteiger partial charge >= 0.3 is 5.91 Å². The van der Waals surface area contributed by atoms with Crippen LogP contribution in [0.1, 0.15) is 48.9 Å². The van der Waals surface area contributed by atoms with Crippen LogP contribution in [0.3, 0.4) is 0 Å². The number of anilines is 1. The van der Waals surface area contributed by atoms with Crippen molar-refractivity contribution in [2.24, 2.45) is 0 Å². The quantitative estimate of drug-likeness (QED) is 0.0402. The number of nitrogens with zero attached hydrogens (tertiary/aromatic N) is 4. The van der Waals surface area contributed by atoms with Gasteiger partial charge in [-0.05, 0) is 52.6 Å². The van der Waals surface area contributed by atoms with Crippen LogP contribution < -0.4 is 9.64 Å². The van der Waals surface area contributed by atoms with Gasteiger partial charge in [0.1, 0.15) is 11.5 Å². The molecule has 1 fully saturated rings. The molecular formula is C34H30N4O4S2. The molecular weight excluding hydrogens is 593 g/mol. The fourth-order valence-electron chi connectivity index (χ4n) is 5.24. The largest absolute Gasteiger partial charge is 0.507 e. The van der Waals surface area contributed by atoms with E-state index in [0.717, 1.165) is 24.6 Å². The first kappa shape index (κ1) is 29.5. The van der Waals surface area contributed by atoms with Crippen molar-refractivity contribution in [2.45, 2.75) is 42.3 Å². The minimum absolute atomic E-state index is 0.0236. The van der Waals surface area contributed by atoms with Crippen LogP contribution in [-0.4, -0.2) is 38.6 Å². The van der Waals surface area contributed by atoms with Crippen molar-refractivity contribution in [2.75, 3.05) is 11.5 Å². The number of rotatable bonds is 11. The molecule has 2 aromatic heterocycles. The highest BCUT2D eigenvalue weighted by Crippen LogP contribution is 2.44. The van der Waals surface area contributed by atoms with Gasteiger partial charge < -0.3 is 9.84 Å². The number of thioether (sulfide) groups is 1. The Morgan fingerprint density at radius 2 is 1.77 bits per heavy atom. The molecule has 1 atom stereocenters. The summed E-state index contributed by atoms with van der Waals surface area (Å²) in [4.78, 5) is 32.5. The van der Waals surface area contributed by atoms with Crippen LogP contribution in [0, 0.1) is 0 Å². The molecule has 3 heterocycles. The molecule has 1 saturated heterocycles. The highest BCUT2D eigenvalue weighted by atomic mass is 32.2. The van der Waals surface area contributed by atoms with Crippen LogP contribution in [-0.2, 0) is 15.3 Å². The molecule has 3 aromatic carbocycles. The van der Waals surface area contributed by atoms with Gasteiger partial charge in [0.15, 0.2) is 4.34 Å². The van der Waals surface area contributed by atoms with Crippen LogP contribution in [0.2, 0.25) is 0 Å². The van der Waals surface area contributed by atoms with Gasteiger partial charge in [0.25, 0.3) is 5.78 Å². The monoisotopic (exact) mass is 622 g/mol. The third-order valence-corrected chi connectivity index (χ3v) is 9.53. The van der Waals surface area contributed by atoms with Crippen molar-refractivity contribution in [1.82, 2.24) is 15.2 Å². The van der Waals surface area contributed by atoms with Crippen LogP contribution in [0.4, 0.5) is 5.13 Å². The first-order valence-electron chi connectivity index (χ1n) is 14.4. The predicted octanol–water partition coefficient (Wildman–Crippen LogP) is 7.57. The van der Waals surface area contributed by atoms with E-state index in [0.29, 0.717) is 33.6 Å². The maximum Gasteiger partial charge on any atom is 0.301 e. The molecule has 1 aliphatic rings. The number of amides is 1. The Balaban J connectivity index is 1.34. The van der Waals surface area contributed by atoms with E-state index in [1.165, 1.54) is 51.3 Å². The number of ketones is 1. The summed E-state index contributed by atoms with van der Waals surface area (Å²) in [6.45, 7) is 2.69. The first-order chi connectivity index (χ1) is 21.5. The Bertz CT molecular complexity index is 1830. The number of unbranched alkanes of at least 4 members (excludes halogenated alkanes) is 2. The van der Waals surface area contributed by atoms with Crippen molar-refractivity contribution in [3.63, 3.8) is 0 Å². The molecule has 0 radical (unpaired) electrons. The summed E-state index contributed by atoms with van der Waals surface area (Å²) in [5.41, 5.74) is 2.15. The van der Waals surface area contributed by atoms with Crippen molar-refractivity contribution < 1.29 is 19.4 Å². The Labute approximate surface area is 263 Å². The third-order valence-electron chi connectivity index (χ3n) is 7.42. The first-order valence-corrected chi connectivity index (χ1v) is 16.2. The second-order valence-corrected chi connectivity index (χ2v) is 12.5. The molecule has 0 aliphatic carbocycles. The van der Waals surface area contributed by atoms with E-state index in [1.807, 2.05) is 42.5 Å². The Morgan fingerprint density at radius 3 is 2.61 bits per heavy atom. The maximum atomic E-state index is 13.6. The number of ether oxygens (including phenoxy) is 1. The van der Waals surface area contributed by atoms with Crippen LogP contribution in [0.5, 0.6) is 5.75 Å². The van der Waals surface area contributed by atoms with Gasteiger partial charge in [-0.2, -0.15) is 0 Å². The molecule has 0 saturated carbocycles. The third kappa shape index (κ3) is 6.09. The number of benzene rings is 3. The Kier molecular flexibility index (Phi) is 8.99. The average Bonchev–Trinajstić information content (AvgIpc) is 3.64. The lowest BCUT2D eigenvalue weighted by atomic mass is 9.95. The molecule has 0 bridgehead atoms. The van der Waals surface area contributed by atoms with Crippen molar-refractivity contribution in [3.8, 4) is 5.75 Å². The highest BCUT2D eigenvalue weighted by molar-refractivity contribution is 8.00. The molecule has 1 unspecified atom stereocenters. The fourth-order valence-corrected chi connectivity index (χ4v) is 7.11. The van der Waals surface area contributed by atoms with Crippen LogP contribution in [0.15, 0.2) is 101 Å². The maximum absolute atomic E-state index is 13.6. The van der Waals surface area contributed by atoms with Crippen LogP contribution in [0.25, 0.3) is 16.5 Å². The van der Waals surface area contributed by atoms with E-state index in [-0.39, 0.29) is 16.5 Å². The normalized spacial score (nSPS) is 16.1. The topological polar surface area (TPSA) is 106 Å². The minimum atomic E-state index is -0.925. The lowest BCUT2D eigenvalue weighted by Crippen LogP contribution is -2.29. The molecule has 222 valence electrons. The van der Waals surface area contributed by atoms with E-state index >= 15 is 0 Å². The van der Waals surface area contributed by atoms with Gasteiger partial charge in [-0.3, -0.25) is 19.5 Å². The molecule has 44 heavy (non-hydrogen) atoms. The molecule has 6 rings (SSSR count). The summed E-state index contributed by atoms with van der Waals surface area (Å²) in [5.74, 6) is -0.558. The zero-order chi connectivity index (χ0) is 30.5. The highest BCUT2D eigenvalue weighted by Gasteiger charge is 2.48. The molecule has 1 N–H and O–H groups in total. The number of pyridine rings is 1. The lowest BCUT2D eigenvalue weighted by molar-refractivity contribution is -0.132. The number of hydrogen-bond donors (Lipinski definition) is 1. The predicted molar refractivity (Wildman–Crippen MR) is 174 cm³/mol. The number of carbonyl (C=O) groups is 2. The summed E-state index contributed by atoms with van der Waals surface area (Å²) < 4.78 is 6.65. The number of Topliss-reactive ketones (excluding diaryl/α,β-unsaturated/α-hetero) is 1. The second-order valence-electron chi connectivity index (χ2n) is 10.3. The Morgan fingerprint density at radius 1 is 0.977 bits per heavy atom. The zero-order valence-corrected chi connectivity index (χ0v) is 25.7. The standard InChI is InChI=1S/C34H30N4O4S2/c1-2-3-6-19-42-26-13-8-11-24(20-26)29-28(30(39)23-15-17-35-18-16-23)31(40)32(41)38(29)33-36-37-34(44-33)43-21-25-12-7-10-22-9-4-5-14-27(22)25/h4-5,7-18,20,29,39H,2-3,6,19,21H2,1H3. The van der Waals surface area contributed by atoms with Gasteiger partial charge in [-0.1, -0.05) is 97.5 Å². The summed E-state index contributed by atoms with van der Waals surface area (Å²) in [5, 5.41) is 22.7. The molecule has 10 heteroatoms. The van der Waals surface area contributed by atoms with Crippen LogP contribution >= 0.6 is 23.1 Å². The van der Waals surface area contributed by atoms with Gasteiger partial charge in [0.2, 0.25) is 5.13 Å². The van der Waals surface area contributed by atoms with Gasteiger partial charge in [-0.25, -0.2) is 0 Å². The van der Waals surface area contributed by atoms with E-state index in [4.69, 9.17) is 4.74 Å². The summed E-state index contributed by atoms with van der Waals surface area (Å²) >= 11 is 2.76. The Hall–Kier alpha value is -4.54. The van der Waals surface area contributed by atoms with Crippen molar-refractivity contribution in [1.29, 1.82) is 0 Å². The smallest absolute Gasteiger partial charge is 0.301 e. The number of aromatic nitrogens is 3.